The van der Waals surface area contributed by atoms with E-state index in [1.807, 2.05) is 13.8 Å². The third kappa shape index (κ3) is 7.56. The van der Waals surface area contributed by atoms with Gasteiger partial charge in [-0.25, -0.2) is 0 Å². The molecule has 1 aromatic carbocycles. The minimum atomic E-state index is -0.175. The van der Waals surface area contributed by atoms with Gasteiger partial charge in [0, 0.05) is 12.1 Å². The normalized spacial score (nSPS) is 13.5. The van der Waals surface area contributed by atoms with Crippen molar-refractivity contribution >= 4 is 11.8 Å². The molecule has 2 atom stereocenters. The summed E-state index contributed by atoms with van der Waals surface area (Å²) in [6, 6.07) is 8.81. The zero-order chi connectivity index (χ0) is 19.7. The molecule has 0 aliphatic carbocycles. The Hall–Kier alpha value is -1.88. The van der Waals surface area contributed by atoms with E-state index in [-0.39, 0.29) is 37.0 Å². The molecule has 0 aliphatic rings. The molecule has 3 N–H and O–H groups in total. The first-order valence-corrected chi connectivity index (χ1v) is 9.63. The molecule has 0 saturated carbocycles. The Labute approximate surface area is 158 Å². The van der Waals surface area contributed by atoms with Gasteiger partial charge in [-0.2, -0.15) is 0 Å². The summed E-state index contributed by atoms with van der Waals surface area (Å²) in [5.74, 6) is 0.555. The van der Waals surface area contributed by atoms with E-state index in [0.29, 0.717) is 11.8 Å². The number of nitrogens with one attached hydrogen (secondary N) is 3. The summed E-state index contributed by atoms with van der Waals surface area (Å²) in [4.78, 5) is 23.6. The smallest absolute Gasteiger partial charge is 0.239 e. The zero-order valence-electron chi connectivity index (χ0n) is 17.1. The Bertz CT molecular complexity index is 567. The van der Waals surface area contributed by atoms with Crippen LogP contribution in [0.5, 0.6) is 0 Å². The predicted octanol–water partition coefficient (Wildman–Crippen LogP) is 3.13. The van der Waals surface area contributed by atoms with Crippen LogP contribution < -0.4 is 16.0 Å². The minimum absolute atomic E-state index is 0.00857. The van der Waals surface area contributed by atoms with Gasteiger partial charge in [-0.15, -0.1) is 0 Å². The van der Waals surface area contributed by atoms with E-state index in [1.54, 1.807) is 0 Å². The van der Waals surface area contributed by atoms with Gasteiger partial charge in [0.15, 0.2) is 0 Å². The fourth-order valence-corrected chi connectivity index (χ4v) is 2.82. The van der Waals surface area contributed by atoms with Gasteiger partial charge in [0.05, 0.1) is 13.1 Å². The van der Waals surface area contributed by atoms with Crippen LogP contribution in [-0.4, -0.2) is 30.9 Å². The molecular weight excluding hydrogens is 326 g/mol. The van der Waals surface area contributed by atoms with Crippen molar-refractivity contribution in [1.82, 2.24) is 16.0 Å². The second kappa shape index (κ2) is 11.0. The molecule has 0 saturated heterocycles. The quantitative estimate of drug-likeness (QED) is 0.600. The van der Waals surface area contributed by atoms with Gasteiger partial charge < -0.3 is 16.0 Å². The number of carbonyl (C=O) groups is 2. The molecule has 0 fully saturated rings. The van der Waals surface area contributed by atoms with E-state index in [1.165, 1.54) is 11.1 Å². The minimum Gasteiger partial charge on any atom is -0.352 e. The van der Waals surface area contributed by atoms with Gasteiger partial charge in [0.25, 0.3) is 0 Å². The van der Waals surface area contributed by atoms with Crippen LogP contribution in [0.3, 0.4) is 0 Å². The summed E-state index contributed by atoms with van der Waals surface area (Å²) >= 11 is 0. The standard InChI is InChI=1S/C21H35N3O2/c1-7-16(6)17-8-10-18(11-9-17)21(14(2)3)23-12-19(25)22-13-20(26)24-15(4)5/h8-11,14-16,21,23H,7,12-13H2,1-6H3,(H,22,25)(H,24,26)/t16-,21-/m0/s1. The zero-order valence-corrected chi connectivity index (χ0v) is 17.1. The van der Waals surface area contributed by atoms with Crippen molar-refractivity contribution < 1.29 is 9.59 Å². The highest BCUT2D eigenvalue weighted by atomic mass is 16.2. The fourth-order valence-electron chi connectivity index (χ4n) is 2.82. The average Bonchev–Trinajstić information content (AvgIpc) is 2.59. The number of hydrogen-bond donors (Lipinski definition) is 3. The number of amides is 2. The Morgan fingerprint density at radius 2 is 1.46 bits per heavy atom. The molecule has 5 nitrogen and oxygen atoms in total. The summed E-state index contributed by atoms with van der Waals surface area (Å²) in [5, 5.41) is 8.72. The molecule has 0 bridgehead atoms. The third-order valence-corrected chi connectivity index (χ3v) is 4.52. The Morgan fingerprint density at radius 1 is 0.885 bits per heavy atom. The molecule has 26 heavy (non-hydrogen) atoms. The van der Waals surface area contributed by atoms with Crippen molar-refractivity contribution in [3.63, 3.8) is 0 Å². The lowest BCUT2D eigenvalue weighted by Crippen LogP contribution is -2.43. The molecule has 2 amide bonds. The molecule has 0 spiro atoms. The van der Waals surface area contributed by atoms with Gasteiger partial charge in [-0.05, 0) is 43.2 Å². The third-order valence-electron chi connectivity index (χ3n) is 4.52. The Morgan fingerprint density at radius 3 is 1.96 bits per heavy atom. The van der Waals surface area contributed by atoms with E-state index in [2.05, 4.69) is 67.9 Å². The molecule has 0 heterocycles. The Kier molecular flexibility index (Phi) is 9.35. The van der Waals surface area contributed by atoms with Gasteiger partial charge in [0.2, 0.25) is 11.8 Å². The maximum absolute atomic E-state index is 12.0. The highest BCUT2D eigenvalue weighted by molar-refractivity contribution is 5.85. The summed E-state index contributed by atoms with van der Waals surface area (Å²) < 4.78 is 0. The van der Waals surface area contributed by atoms with E-state index < -0.39 is 0 Å². The predicted molar refractivity (Wildman–Crippen MR) is 107 cm³/mol. The van der Waals surface area contributed by atoms with Crippen LogP contribution in [0.2, 0.25) is 0 Å². The second-order valence-corrected chi connectivity index (χ2v) is 7.58. The lowest BCUT2D eigenvalue weighted by atomic mass is 9.92. The first-order chi connectivity index (χ1) is 12.2. The van der Waals surface area contributed by atoms with E-state index in [0.717, 1.165) is 6.42 Å². The highest BCUT2D eigenvalue weighted by Gasteiger charge is 2.17. The van der Waals surface area contributed by atoms with Crippen molar-refractivity contribution in [2.75, 3.05) is 13.1 Å². The summed E-state index contributed by atoms with van der Waals surface area (Å²) in [6.07, 6.45) is 1.12. The van der Waals surface area contributed by atoms with Gasteiger partial charge in [-0.3, -0.25) is 9.59 Å². The van der Waals surface area contributed by atoms with Crippen molar-refractivity contribution in [2.24, 2.45) is 5.92 Å². The first-order valence-electron chi connectivity index (χ1n) is 9.63. The second-order valence-electron chi connectivity index (χ2n) is 7.58. The van der Waals surface area contributed by atoms with Crippen LogP contribution in [0.4, 0.5) is 0 Å². The fraction of sp³-hybridized carbons (Fsp3) is 0.619. The SMILES string of the molecule is CC[C@H](C)c1ccc([C@@H](NCC(=O)NCC(=O)NC(C)C)C(C)C)cc1. The Balaban J connectivity index is 2.58. The average molecular weight is 362 g/mol. The molecule has 1 rings (SSSR count). The summed E-state index contributed by atoms with van der Waals surface area (Å²) in [5.41, 5.74) is 2.52. The lowest BCUT2D eigenvalue weighted by Gasteiger charge is -2.23. The maximum atomic E-state index is 12.0. The molecule has 146 valence electrons. The molecular formula is C21H35N3O2. The molecule has 0 aliphatic heterocycles. The molecule has 0 aromatic heterocycles. The van der Waals surface area contributed by atoms with E-state index >= 15 is 0 Å². The van der Waals surface area contributed by atoms with Crippen molar-refractivity contribution in [1.29, 1.82) is 0 Å². The van der Waals surface area contributed by atoms with Crippen LogP contribution in [-0.2, 0) is 9.59 Å². The largest absolute Gasteiger partial charge is 0.352 e. The highest BCUT2D eigenvalue weighted by Crippen LogP contribution is 2.25. The number of carbonyl (C=O) groups excluding carboxylic acids is 2. The lowest BCUT2D eigenvalue weighted by molar-refractivity contribution is -0.126. The van der Waals surface area contributed by atoms with Crippen molar-refractivity contribution in [3.05, 3.63) is 35.4 Å². The van der Waals surface area contributed by atoms with Crippen LogP contribution in [0.25, 0.3) is 0 Å². The van der Waals surface area contributed by atoms with E-state index in [9.17, 15) is 9.59 Å². The molecule has 1 aromatic rings. The topological polar surface area (TPSA) is 70.2 Å². The molecule has 5 heteroatoms. The first kappa shape index (κ1) is 22.2. The van der Waals surface area contributed by atoms with Crippen LogP contribution in [0, 0.1) is 5.92 Å². The number of benzene rings is 1. The van der Waals surface area contributed by atoms with E-state index in [4.69, 9.17) is 0 Å². The number of hydrogen-bond acceptors (Lipinski definition) is 3. The van der Waals surface area contributed by atoms with Crippen LogP contribution in [0.15, 0.2) is 24.3 Å². The van der Waals surface area contributed by atoms with Gasteiger partial charge >= 0.3 is 0 Å². The number of rotatable bonds is 10. The van der Waals surface area contributed by atoms with Gasteiger partial charge in [0.1, 0.15) is 0 Å². The monoisotopic (exact) mass is 361 g/mol. The molecule has 0 radical (unpaired) electrons. The van der Waals surface area contributed by atoms with Crippen molar-refractivity contribution in [3.8, 4) is 0 Å². The van der Waals surface area contributed by atoms with Crippen LogP contribution in [0.1, 0.15) is 71.0 Å². The van der Waals surface area contributed by atoms with Crippen molar-refractivity contribution in [2.45, 2.75) is 66.0 Å². The molecule has 0 unspecified atom stereocenters. The summed E-state index contributed by atoms with van der Waals surface area (Å²) in [7, 11) is 0. The van der Waals surface area contributed by atoms with Gasteiger partial charge in [-0.1, -0.05) is 52.0 Å². The maximum Gasteiger partial charge on any atom is 0.239 e. The van der Waals surface area contributed by atoms with Crippen LogP contribution >= 0.6 is 0 Å². The summed E-state index contributed by atoms with van der Waals surface area (Å²) in [6.45, 7) is 12.7.